The predicted octanol–water partition coefficient (Wildman–Crippen LogP) is 1.56. The molecule has 1 amide bonds. The number of carbonyl (C=O) groups is 1. The third-order valence-corrected chi connectivity index (χ3v) is 4.02. The first-order valence-corrected chi connectivity index (χ1v) is 6.92. The van der Waals surface area contributed by atoms with Gasteiger partial charge in [-0.3, -0.25) is 14.5 Å². The smallest absolute Gasteiger partial charge is 0.333 e. The Hall–Kier alpha value is -1.83. The summed E-state index contributed by atoms with van der Waals surface area (Å²) in [6.07, 6.45) is -3.90. The third-order valence-electron chi connectivity index (χ3n) is 4.02. The Bertz CT molecular complexity index is 626. The van der Waals surface area contributed by atoms with Crippen molar-refractivity contribution >= 4 is 5.91 Å². The van der Waals surface area contributed by atoms with Crippen molar-refractivity contribution in [1.82, 2.24) is 14.8 Å². The molecule has 0 radical (unpaired) electrons. The van der Waals surface area contributed by atoms with Crippen molar-refractivity contribution in [1.29, 1.82) is 0 Å². The van der Waals surface area contributed by atoms with E-state index in [1.54, 1.807) is 6.92 Å². The van der Waals surface area contributed by atoms with Crippen LogP contribution in [-0.2, 0) is 6.18 Å². The van der Waals surface area contributed by atoms with E-state index in [2.05, 4.69) is 4.98 Å². The maximum Gasteiger partial charge on any atom is 0.417 e. The summed E-state index contributed by atoms with van der Waals surface area (Å²) in [6, 6.07) is 0.274. The highest BCUT2D eigenvalue weighted by Crippen LogP contribution is 2.32. The van der Waals surface area contributed by atoms with E-state index in [0.717, 1.165) is 6.20 Å². The lowest BCUT2D eigenvalue weighted by Crippen LogP contribution is -2.56. The van der Waals surface area contributed by atoms with Gasteiger partial charge in [-0.25, -0.2) is 0 Å². The quantitative estimate of drug-likeness (QED) is 0.855. The van der Waals surface area contributed by atoms with Gasteiger partial charge in [-0.05, 0) is 20.9 Å². The zero-order chi connectivity index (χ0) is 16.7. The summed E-state index contributed by atoms with van der Waals surface area (Å²) in [5, 5.41) is 0. The fraction of sp³-hybridized carbons (Fsp3) is 0.571. The standard InChI is InChI=1S/C14H18F3N3O2/c1-8-7-20(9(2)6-19(8)3)13(22)10-5-18-12(21)4-11(10)14(15,16)17/h4-5,8-9H,6-7H2,1-3H3,(H,18,21). The summed E-state index contributed by atoms with van der Waals surface area (Å²) in [6.45, 7) is 4.62. The number of piperazine rings is 1. The molecule has 22 heavy (non-hydrogen) atoms. The molecule has 0 spiro atoms. The molecule has 122 valence electrons. The molecule has 0 bridgehead atoms. The van der Waals surface area contributed by atoms with Gasteiger partial charge in [0.2, 0.25) is 5.56 Å². The maximum atomic E-state index is 13.1. The zero-order valence-corrected chi connectivity index (χ0v) is 12.6. The Kier molecular flexibility index (Phi) is 4.32. The number of nitrogens with one attached hydrogen (secondary N) is 1. The second-order valence-electron chi connectivity index (χ2n) is 5.72. The molecule has 1 aromatic heterocycles. The van der Waals surface area contributed by atoms with Crippen LogP contribution in [0, 0.1) is 0 Å². The number of H-pyrrole nitrogens is 1. The van der Waals surface area contributed by atoms with Crippen LogP contribution in [0.4, 0.5) is 13.2 Å². The van der Waals surface area contributed by atoms with Crippen molar-refractivity contribution in [2.45, 2.75) is 32.1 Å². The molecule has 2 unspecified atom stereocenters. The Balaban J connectivity index is 2.40. The second-order valence-corrected chi connectivity index (χ2v) is 5.72. The lowest BCUT2D eigenvalue weighted by molar-refractivity contribution is -0.138. The van der Waals surface area contributed by atoms with Gasteiger partial charge in [0.15, 0.2) is 0 Å². The number of aromatic nitrogens is 1. The molecule has 0 aromatic carbocycles. The molecular weight excluding hydrogens is 299 g/mol. The van der Waals surface area contributed by atoms with E-state index in [9.17, 15) is 22.8 Å². The molecule has 1 fully saturated rings. The first-order chi connectivity index (χ1) is 10.1. The van der Waals surface area contributed by atoms with E-state index in [0.29, 0.717) is 19.2 Å². The van der Waals surface area contributed by atoms with Crippen molar-refractivity contribution in [3.63, 3.8) is 0 Å². The topological polar surface area (TPSA) is 56.4 Å². The highest BCUT2D eigenvalue weighted by molar-refractivity contribution is 5.95. The van der Waals surface area contributed by atoms with Gasteiger partial charge in [-0.1, -0.05) is 0 Å². The number of halogens is 3. The zero-order valence-electron chi connectivity index (χ0n) is 12.6. The monoisotopic (exact) mass is 317 g/mol. The molecule has 1 aliphatic heterocycles. The fourth-order valence-corrected chi connectivity index (χ4v) is 2.62. The third kappa shape index (κ3) is 3.16. The molecule has 1 N–H and O–H groups in total. The van der Waals surface area contributed by atoms with E-state index in [4.69, 9.17) is 0 Å². The van der Waals surface area contributed by atoms with Gasteiger partial charge in [0, 0.05) is 37.4 Å². The number of amides is 1. The van der Waals surface area contributed by atoms with E-state index in [1.165, 1.54) is 4.90 Å². The van der Waals surface area contributed by atoms with Crippen molar-refractivity contribution in [2.24, 2.45) is 0 Å². The van der Waals surface area contributed by atoms with Crippen LogP contribution < -0.4 is 5.56 Å². The average Bonchev–Trinajstić information content (AvgIpc) is 2.41. The van der Waals surface area contributed by atoms with Crippen LogP contribution in [0.5, 0.6) is 0 Å². The molecule has 0 aliphatic carbocycles. The van der Waals surface area contributed by atoms with Gasteiger partial charge in [0.25, 0.3) is 5.91 Å². The fourth-order valence-electron chi connectivity index (χ4n) is 2.62. The number of likely N-dealkylation sites (N-methyl/N-ethyl adjacent to an activating group) is 1. The molecule has 2 atom stereocenters. The predicted molar refractivity (Wildman–Crippen MR) is 74.7 cm³/mol. The number of hydrogen-bond acceptors (Lipinski definition) is 3. The normalized spacial score (nSPS) is 23.6. The molecule has 2 rings (SSSR count). The first kappa shape index (κ1) is 16.5. The van der Waals surface area contributed by atoms with Gasteiger partial charge in [-0.15, -0.1) is 0 Å². The molecule has 1 saturated heterocycles. The molecule has 0 saturated carbocycles. The molecule has 1 aromatic rings. The molecule has 2 heterocycles. The summed E-state index contributed by atoms with van der Waals surface area (Å²) in [5.74, 6) is -0.712. The van der Waals surface area contributed by atoms with Crippen molar-refractivity contribution in [2.75, 3.05) is 20.1 Å². The SMILES string of the molecule is CC1CN(C(=O)c2c[nH]c(=O)cc2C(F)(F)F)C(C)CN1C. The Labute approximate surface area is 125 Å². The lowest BCUT2D eigenvalue weighted by atomic mass is 10.0. The van der Waals surface area contributed by atoms with Gasteiger partial charge < -0.3 is 9.88 Å². The highest BCUT2D eigenvalue weighted by atomic mass is 19.4. The number of carbonyl (C=O) groups excluding carboxylic acids is 1. The average molecular weight is 317 g/mol. The molecule has 5 nitrogen and oxygen atoms in total. The van der Waals surface area contributed by atoms with E-state index >= 15 is 0 Å². The van der Waals surface area contributed by atoms with E-state index < -0.39 is 28.8 Å². The first-order valence-electron chi connectivity index (χ1n) is 6.92. The summed E-state index contributed by atoms with van der Waals surface area (Å²) >= 11 is 0. The minimum absolute atomic E-state index is 0.0530. The number of alkyl halides is 3. The largest absolute Gasteiger partial charge is 0.417 e. The van der Waals surface area contributed by atoms with Crippen LogP contribution in [0.15, 0.2) is 17.1 Å². The maximum absolute atomic E-state index is 13.1. The van der Waals surface area contributed by atoms with Crippen LogP contribution in [-0.4, -0.2) is 52.9 Å². The number of rotatable bonds is 1. The summed E-state index contributed by atoms with van der Waals surface area (Å²) in [7, 11) is 1.91. The van der Waals surface area contributed by atoms with Crippen LogP contribution in [0.3, 0.4) is 0 Å². The van der Waals surface area contributed by atoms with Crippen LogP contribution in [0.2, 0.25) is 0 Å². The number of pyridine rings is 1. The number of aromatic amines is 1. The second kappa shape index (κ2) is 5.75. The van der Waals surface area contributed by atoms with Crippen molar-refractivity contribution in [3.05, 3.63) is 33.7 Å². The minimum Gasteiger partial charge on any atom is -0.333 e. The van der Waals surface area contributed by atoms with E-state index in [-0.39, 0.29) is 12.1 Å². The van der Waals surface area contributed by atoms with E-state index in [1.807, 2.05) is 18.9 Å². The van der Waals surface area contributed by atoms with Crippen molar-refractivity contribution < 1.29 is 18.0 Å². The Morgan fingerprint density at radius 3 is 2.50 bits per heavy atom. The summed E-state index contributed by atoms with van der Waals surface area (Å²) in [4.78, 5) is 29.3. The molecular formula is C14H18F3N3O2. The van der Waals surface area contributed by atoms with Crippen LogP contribution >= 0.6 is 0 Å². The van der Waals surface area contributed by atoms with Crippen LogP contribution in [0.25, 0.3) is 0 Å². The minimum atomic E-state index is -4.75. The summed E-state index contributed by atoms with van der Waals surface area (Å²) in [5.41, 5.74) is -2.60. The highest BCUT2D eigenvalue weighted by Gasteiger charge is 2.39. The summed E-state index contributed by atoms with van der Waals surface area (Å²) < 4.78 is 39.2. The van der Waals surface area contributed by atoms with Gasteiger partial charge in [0.1, 0.15) is 0 Å². The lowest BCUT2D eigenvalue weighted by Gasteiger charge is -2.42. The Morgan fingerprint density at radius 2 is 1.91 bits per heavy atom. The number of hydrogen-bond donors (Lipinski definition) is 1. The Morgan fingerprint density at radius 1 is 1.27 bits per heavy atom. The van der Waals surface area contributed by atoms with Crippen LogP contribution in [0.1, 0.15) is 29.8 Å². The van der Waals surface area contributed by atoms with Crippen molar-refractivity contribution in [3.8, 4) is 0 Å². The van der Waals surface area contributed by atoms with Gasteiger partial charge in [-0.2, -0.15) is 13.2 Å². The van der Waals surface area contributed by atoms with Gasteiger partial charge in [0.05, 0.1) is 11.1 Å². The van der Waals surface area contributed by atoms with Gasteiger partial charge >= 0.3 is 6.18 Å². The molecule has 1 aliphatic rings. The molecule has 8 heteroatoms. The number of nitrogens with zero attached hydrogens (tertiary/aromatic N) is 2.